The molecule has 1 fully saturated rings. The minimum Gasteiger partial charge on any atom is -0.497 e. The number of carbonyl (C=O) groups is 2. The molecule has 1 heterocycles. The molecule has 0 saturated carbocycles. The van der Waals surface area contributed by atoms with Gasteiger partial charge in [0.1, 0.15) is 16.7 Å². The minimum atomic E-state index is -0.582. The number of benzene rings is 3. The summed E-state index contributed by atoms with van der Waals surface area (Å²) in [4.78, 5) is 32.7. The molecule has 1 saturated heterocycles. The van der Waals surface area contributed by atoms with Gasteiger partial charge in [-0.15, -0.1) is 0 Å². The van der Waals surface area contributed by atoms with Crippen LogP contribution in [0.3, 0.4) is 0 Å². The third-order valence-electron chi connectivity index (χ3n) is 5.78. The van der Waals surface area contributed by atoms with Crippen LogP contribution in [0.5, 0.6) is 11.5 Å². The van der Waals surface area contributed by atoms with E-state index >= 15 is 0 Å². The number of rotatable bonds is 9. The predicted octanol–water partition coefficient (Wildman–Crippen LogP) is 5.30. The van der Waals surface area contributed by atoms with Gasteiger partial charge >= 0.3 is 0 Å². The third-order valence-corrected chi connectivity index (χ3v) is 6.96. The molecule has 7 nitrogen and oxygen atoms in total. The van der Waals surface area contributed by atoms with Gasteiger partial charge in [-0.1, -0.05) is 42.1 Å². The standard InChI is InChI=1S/C28H29N3O4S/c1-34-23-14-10-21(11-15-23)29-27(33)25-19-26(32)31(18-6-9-20-7-4-3-5-8-20)28(36-25)30-22-12-16-24(35-2)17-13-22/h3-5,7-8,10-17,25H,6,9,18-19H2,1-2H3,(H,29,33). The van der Waals surface area contributed by atoms with Crippen LogP contribution >= 0.6 is 11.8 Å². The Morgan fingerprint density at radius 2 is 1.61 bits per heavy atom. The summed E-state index contributed by atoms with van der Waals surface area (Å²) in [5.74, 6) is 1.09. The Hall–Kier alpha value is -3.78. The van der Waals surface area contributed by atoms with Crippen molar-refractivity contribution >= 4 is 40.1 Å². The lowest BCUT2D eigenvalue weighted by atomic mass is 10.1. The lowest BCUT2D eigenvalue weighted by Crippen LogP contribution is -2.45. The SMILES string of the molecule is COc1ccc(N=C2SC(C(=O)Nc3ccc(OC)cc3)CC(=O)N2CCCc2ccccc2)cc1. The second kappa shape index (κ2) is 12.3. The molecular formula is C28H29N3O4S. The molecule has 0 aliphatic carbocycles. The van der Waals surface area contributed by atoms with Gasteiger partial charge in [0.25, 0.3) is 0 Å². The highest BCUT2D eigenvalue weighted by Gasteiger charge is 2.35. The monoisotopic (exact) mass is 503 g/mol. The van der Waals surface area contributed by atoms with Crippen molar-refractivity contribution in [2.24, 2.45) is 4.99 Å². The van der Waals surface area contributed by atoms with E-state index in [1.54, 1.807) is 43.4 Å². The fraction of sp³-hybridized carbons (Fsp3) is 0.250. The molecule has 1 aliphatic rings. The molecule has 0 bridgehead atoms. The number of aliphatic imine (C=N–C) groups is 1. The molecule has 0 radical (unpaired) electrons. The summed E-state index contributed by atoms with van der Waals surface area (Å²) in [7, 11) is 3.20. The largest absolute Gasteiger partial charge is 0.497 e. The molecule has 4 rings (SSSR count). The van der Waals surface area contributed by atoms with Crippen LogP contribution in [0.1, 0.15) is 18.4 Å². The molecule has 3 aromatic carbocycles. The highest BCUT2D eigenvalue weighted by molar-refractivity contribution is 8.15. The van der Waals surface area contributed by atoms with Crippen LogP contribution in [-0.2, 0) is 16.0 Å². The molecule has 1 N–H and O–H groups in total. The van der Waals surface area contributed by atoms with Gasteiger partial charge in [0.2, 0.25) is 11.8 Å². The summed E-state index contributed by atoms with van der Waals surface area (Å²) in [6, 6.07) is 24.6. The number of aryl methyl sites for hydroxylation is 1. The van der Waals surface area contributed by atoms with Crippen molar-refractivity contribution in [3.8, 4) is 11.5 Å². The first kappa shape index (κ1) is 25.3. The molecule has 1 unspecified atom stereocenters. The summed E-state index contributed by atoms with van der Waals surface area (Å²) in [6.07, 6.45) is 1.76. The maximum Gasteiger partial charge on any atom is 0.238 e. The quantitative estimate of drug-likeness (QED) is 0.429. The minimum absolute atomic E-state index is 0.107. The van der Waals surface area contributed by atoms with Gasteiger partial charge in [-0.3, -0.25) is 14.5 Å². The van der Waals surface area contributed by atoms with Crippen LogP contribution < -0.4 is 14.8 Å². The highest BCUT2D eigenvalue weighted by atomic mass is 32.2. The van der Waals surface area contributed by atoms with Gasteiger partial charge in [-0.25, -0.2) is 4.99 Å². The molecule has 3 aromatic rings. The van der Waals surface area contributed by atoms with E-state index in [0.717, 1.165) is 18.6 Å². The van der Waals surface area contributed by atoms with Crippen molar-refractivity contribution in [3.63, 3.8) is 0 Å². The van der Waals surface area contributed by atoms with Gasteiger partial charge in [0.05, 0.1) is 19.9 Å². The zero-order chi connectivity index (χ0) is 25.3. The Kier molecular flexibility index (Phi) is 8.62. The van der Waals surface area contributed by atoms with Crippen LogP contribution in [-0.4, -0.2) is 47.9 Å². The van der Waals surface area contributed by atoms with E-state index in [0.29, 0.717) is 28.8 Å². The van der Waals surface area contributed by atoms with E-state index in [4.69, 9.17) is 14.5 Å². The first-order valence-electron chi connectivity index (χ1n) is 11.7. The van der Waals surface area contributed by atoms with Gasteiger partial charge in [-0.2, -0.15) is 0 Å². The summed E-state index contributed by atoms with van der Waals surface area (Å²) in [6.45, 7) is 0.530. The van der Waals surface area contributed by atoms with Crippen molar-refractivity contribution in [1.29, 1.82) is 0 Å². The lowest BCUT2D eigenvalue weighted by molar-refractivity contribution is -0.129. The number of nitrogens with one attached hydrogen (secondary N) is 1. The van der Waals surface area contributed by atoms with Crippen molar-refractivity contribution in [3.05, 3.63) is 84.4 Å². The average molecular weight is 504 g/mol. The molecule has 1 atom stereocenters. The first-order valence-corrected chi connectivity index (χ1v) is 12.6. The van der Waals surface area contributed by atoms with E-state index < -0.39 is 5.25 Å². The average Bonchev–Trinajstić information content (AvgIpc) is 2.91. The maximum absolute atomic E-state index is 13.2. The predicted molar refractivity (Wildman–Crippen MR) is 144 cm³/mol. The highest BCUT2D eigenvalue weighted by Crippen LogP contribution is 2.31. The number of nitrogens with zero attached hydrogens (tertiary/aromatic N) is 2. The van der Waals surface area contributed by atoms with Gasteiger partial charge < -0.3 is 14.8 Å². The third kappa shape index (κ3) is 6.66. The molecule has 1 aliphatic heterocycles. The summed E-state index contributed by atoms with van der Waals surface area (Å²) >= 11 is 1.32. The van der Waals surface area contributed by atoms with Gasteiger partial charge in [0.15, 0.2) is 5.17 Å². The fourth-order valence-corrected chi connectivity index (χ4v) is 4.94. The van der Waals surface area contributed by atoms with Crippen molar-refractivity contribution in [2.75, 3.05) is 26.1 Å². The van der Waals surface area contributed by atoms with E-state index in [9.17, 15) is 9.59 Å². The molecule has 0 aromatic heterocycles. The van der Waals surface area contributed by atoms with Crippen LogP contribution in [0.25, 0.3) is 0 Å². The van der Waals surface area contributed by atoms with E-state index in [1.165, 1.54) is 17.3 Å². The number of methoxy groups -OCH3 is 2. The molecular weight excluding hydrogens is 474 g/mol. The van der Waals surface area contributed by atoms with Crippen molar-refractivity contribution in [2.45, 2.75) is 24.5 Å². The van der Waals surface area contributed by atoms with Crippen LogP contribution in [0.4, 0.5) is 11.4 Å². The number of ether oxygens (including phenoxy) is 2. The Bertz CT molecular complexity index is 1200. The molecule has 8 heteroatoms. The Morgan fingerprint density at radius 3 is 2.25 bits per heavy atom. The van der Waals surface area contributed by atoms with Crippen LogP contribution in [0, 0.1) is 0 Å². The summed E-state index contributed by atoms with van der Waals surface area (Å²) in [5, 5.41) is 2.85. The molecule has 36 heavy (non-hydrogen) atoms. The lowest BCUT2D eigenvalue weighted by Gasteiger charge is -2.32. The first-order chi connectivity index (χ1) is 17.6. The fourth-order valence-electron chi connectivity index (χ4n) is 3.81. The second-order valence-corrected chi connectivity index (χ2v) is 9.43. The number of hydrogen-bond acceptors (Lipinski definition) is 6. The zero-order valence-electron chi connectivity index (χ0n) is 20.3. The van der Waals surface area contributed by atoms with Gasteiger partial charge in [0, 0.05) is 18.7 Å². The number of carbonyl (C=O) groups excluding carboxylic acids is 2. The number of thioether (sulfide) groups is 1. The Balaban J connectivity index is 1.50. The van der Waals surface area contributed by atoms with E-state index in [2.05, 4.69) is 17.4 Å². The van der Waals surface area contributed by atoms with Crippen molar-refractivity contribution < 1.29 is 19.1 Å². The van der Waals surface area contributed by atoms with Crippen LogP contribution in [0.2, 0.25) is 0 Å². The maximum atomic E-state index is 13.2. The van der Waals surface area contributed by atoms with E-state index in [1.807, 2.05) is 42.5 Å². The number of amides is 2. The summed E-state index contributed by atoms with van der Waals surface area (Å²) < 4.78 is 10.4. The second-order valence-electron chi connectivity index (χ2n) is 8.26. The number of amidine groups is 1. The number of anilines is 1. The molecule has 0 spiro atoms. The Morgan fingerprint density at radius 1 is 0.972 bits per heavy atom. The zero-order valence-corrected chi connectivity index (χ0v) is 21.2. The topological polar surface area (TPSA) is 80.2 Å². The van der Waals surface area contributed by atoms with Crippen LogP contribution in [0.15, 0.2) is 83.9 Å². The smallest absolute Gasteiger partial charge is 0.238 e. The van der Waals surface area contributed by atoms with E-state index in [-0.39, 0.29) is 18.2 Å². The van der Waals surface area contributed by atoms with Crippen molar-refractivity contribution in [1.82, 2.24) is 4.90 Å². The summed E-state index contributed by atoms with van der Waals surface area (Å²) in [5.41, 5.74) is 2.56. The normalized spacial score (nSPS) is 16.6. The molecule has 2 amide bonds. The molecule has 186 valence electrons. The number of hydrogen-bond donors (Lipinski definition) is 1. The Labute approximate surface area is 215 Å². The van der Waals surface area contributed by atoms with Gasteiger partial charge in [-0.05, 0) is 66.9 Å².